The number of rotatable bonds is 6. The molecule has 2 unspecified atom stereocenters. The molecule has 0 radical (unpaired) electrons. The van der Waals surface area contributed by atoms with Gasteiger partial charge < -0.3 is 9.84 Å². The van der Waals surface area contributed by atoms with Crippen molar-refractivity contribution in [3.8, 4) is 11.5 Å². The Labute approximate surface area is 167 Å². The van der Waals surface area contributed by atoms with E-state index in [0.717, 1.165) is 24.8 Å². The number of benzene rings is 2. The molecule has 1 heterocycles. The highest BCUT2D eigenvalue weighted by Crippen LogP contribution is 2.42. The molecule has 1 aliphatic rings. The first-order valence-electron chi connectivity index (χ1n) is 9.82. The zero-order chi connectivity index (χ0) is 20.4. The van der Waals surface area contributed by atoms with Crippen LogP contribution in [0.1, 0.15) is 56.7 Å². The molecule has 3 rings (SSSR count). The SMILES string of the molecule is CCCCC1(CC)CS(=O)(=O)c2cc(O)c(OC)cc2C(c2ccccc2)N1. The van der Waals surface area contributed by atoms with Crippen LogP contribution >= 0.6 is 0 Å². The molecule has 0 aliphatic carbocycles. The summed E-state index contributed by atoms with van der Waals surface area (Å²) in [6.07, 6.45) is 3.43. The van der Waals surface area contributed by atoms with E-state index in [-0.39, 0.29) is 28.2 Å². The highest BCUT2D eigenvalue weighted by atomic mass is 32.2. The third-order valence-electron chi connectivity index (χ3n) is 5.69. The Balaban J connectivity index is 2.25. The van der Waals surface area contributed by atoms with Gasteiger partial charge in [0.05, 0.1) is 23.8 Å². The van der Waals surface area contributed by atoms with Gasteiger partial charge in [-0.25, -0.2) is 8.42 Å². The van der Waals surface area contributed by atoms with Crippen LogP contribution in [0.25, 0.3) is 0 Å². The van der Waals surface area contributed by atoms with E-state index in [1.165, 1.54) is 13.2 Å². The summed E-state index contributed by atoms with van der Waals surface area (Å²) in [5, 5.41) is 14.0. The monoisotopic (exact) mass is 403 g/mol. The first-order chi connectivity index (χ1) is 13.4. The molecule has 28 heavy (non-hydrogen) atoms. The lowest BCUT2D eigenvalue weighted by Crippen LogP contribution is -2.50. The minimum atomic E-state index is -3.60. The molecule has 2 atom stereocenters. The van der Waals surface area contributed by atoms with E-state index in [2.05, 4.69) is 12.2 Å². The van der Waals surface area contributed by atoms with Gasteiger partial charge in [-0.2, -0.15) is 0 Å². The molecule has 0 aromatic heterocycles. The predicted molar refractivity (Wildman–Crippen MR) is 111 cm³/mol. The fourth-order valence-corrected chi connectivity index (χ4v) is 6.18. The van der Waals surface area contributed by atoms with E-state index in [9.17, 15) is 13.5 Å². The summed E-state index contributed by atoms with van der Waals surface area (Å²) >= 11 is 0. The molecule has 5 nitrogen and oxygen atoms in total. The molecule has 2 aromatic rings. The molecule has 6 heteroatoms. The molecule has 2 N–H and O–H groups in total. The van der Waals surface area contributed by atoms with E-state index in [0.29, 0.717) is 12.0 Å². The van der Waals surface area contributed by atoms with Gasteiger partial charge in [0.25, 0.3) is 0 Å². The Bertz CT molecular complexity index is 927. The summed E-state index contributed by atoms with van der Waals surface area (Å²) in [5.74, 6) is 0.127. The average Bonchev–Trinajstić information content (AvgIpc) is 2.79. The first-order valence-corrected chi connectivity index (χ1v) is 11.5. The lowest BCUT2D eigenvalue weighted by atomic mass is 9.88. The van der Waals surface area contributed by atoms with Crippen LogP contribution in [-0.2, 0) is 9.84 Å². The molecule has 0 bridgehead atoms. The van der Waals surface area contributed by atoms with Crippen molar-refractivity contribution in [3.05, 3.63) is 53.6 Å². The molecular weight excluding hydrogens is 374 g/mol. The average molecular weight is 404 g/mol. The minimum Gasteiger partial charge on any atom is -0.504 e. The van der Waals surface area contributed by atoms with Crippen LogP contribution in [0.3, 0.4) is 0 Å². The van der Waals surface area contributed by atoms with Crippen molar-refractivity contribution in [1.29, 1.82) is 0 Å². The van der Waals surface area contributed by atoms with Crippen molar-refractivity contribution in [3.63, 3.8) is 0 Å². The van der Waals surface area contributed by atoms with E-state index in [1.54, 1.807) is 6.07 Å². The van der Waals surface area contributed by atoms with Crippen molar-refractivity contribution in [2.75, 3.05) is 12.9 Å². The van der Waals surface area contributed by atoms with Gasteiger partial charge in [-0.15, -0.1) is 0 Å². The number of unbranched alkanes of at least 4 members (excludes halogenated alkanes) is 1. The highest BCUT2D eigenvalue weighted by Gasteiger charge is 2.42. The number of methoxy groups -OCH3 is 1. The summed E-state index contributed by atoms with van der Waals surface area (Å²) in [5.41, 5.74) is 1.08. The van der Waals surface area contributed by atoms with E-state index >= 15 is 0 Å². The molecule has 1 aliphatic heterocycles. The molecule has 0 spiro atoms. The topological polar surface area (TPSA) is 75.6 Å². The highest BCUT2D eigenvalue weighted by molar-refractivity contribution is 7.91. The van der Waals surface area contributed by atoms with Crippen molar-refractivity contribution in [2.24, 2.45) is 0 Å². The minimum absolute atomic E-state index is 0.0125. The standard InChI is InChI=1S/C22H29NO4S/c1-4-6-12-22(5-2)15-28(25,26)20-14-18(24)19(27-3)13-17(20)21(23-22)16-10-8-7-9-11-16/h7-11,13-14,21,23-24H,4-6,12,15H2,1-3H3. The van der Waals surface area contributed by atoms with Crippen LogP contribution in [-0.4, -0.2) is 31.9 Å². The molecular formula is C22H29NO4S. The van der Waals surface area contributed by atoms with Gasteiger partial charge in [0, 0.05) is 11.6 Å². The molecule has 0 saturated heterocycles. The summed E-state index contributed by atoms with van der Waals surface area (Å²) < 4.78 is 32.0. The maximum atomic E-state index is 13.4. The van der Waals surface area contributed by atoms with Gasteiger partial charge in [0.15, 0.2) is 21.3 Å². The van der Waals surface area contributed by atoms with E-state index < -0.39 is 15.4 Å². The lowest BCUT2D eigenvalue weighted by Gasteiger charge is -2.36. The molecule has 0 saturated carbocycles. The molecule has 2 aromatic carbocycles. The lowest BCUT2D eigenvalue weighted by molar-refractivity contribution is 0.294. The Morgan fingerprint density at radius 3 is 2.54 bits per heavy atom. The second-order valence-electron chi connectivity index (χ2n) is 7.55. The maximum Gasteiger partial charge on any atom is 0.180 e. The third kappa shape index (κ3) is 3.89. The van der Waals surface area contributed by atoms with Gasteiger partial charge in [-0.1, -0.05) is 57.0 Å². The Morgan fingerprint density at radius 2 is 1.93 bits per heavy atom. The number of phenolic OH excluding ortho intramolecular Hbond substituents is 1. The van der Waals surface area contributed by atoms with Crippen LogP contribution in [0.4, 0.5) is 0 Å². The summed E-state index contributed by atoms with van der Waals surface area (Å²) in [6, 6.07) is 12.5. The molecule has 152 valence electrons. The van der Waals surface area contributed by atoms with Gasteiger partial charge >= 0.3 is 0 Å². The van der Waals surface area contributed by atoms with Gasteiger partial charge in [0.2, 0.25) is 0 Å². The van der Waals surface area contributed by atoms with Crippen molar-refractivity contribution in [1.82, 2.24) is 5.32 Å². The number of hydrogen-bond donors (Lipinski definition) is 2. The van der Waals surface area contributed by atoms with E-state index in [1.807, 2.05) is 37.3 Å². The maximum absolute atomic E-state index is 13.4. The zero-order valence-corrected chi connectivity index (χ0v) is 17.6. The van der Waals surface area contributed by atoms with Crippen molar-refractivity contribution >= 4 is 9.84 Å². The van der Waals surface area contributed by atoms with Gasteiger partial charge in [-0.05, 0) is 30.0 Å². The third-order valence-corrected chi connectivity index (χ3v) is 7.65. The fraction of sp³-hybridized carbons (Fsp3) is 0.455. The molecule has 0 fully saturated rings. The van der Waals surface area contributed by atoms with Crippen LogP contribution in [0, 0.1) is 0 Å². The Kier molecular flexibility index (Phi) is 6.01. The van der Waals surface area contributed by atoms with Gasteiger partial charge in [-0.3, -0.25) is 5.32 Å². The normalized spacial score (nSPS) is 23.6. The quantitative estimate of drug-likeness (QED) is 0.756. The number of ether oxygens (including phenoxy) is 1. The van der Waals surface area contributed by atoms with Crippen LogP contribution in [0.2, 0.25) is 0 Å². The summed E-state index contributed by atoms with van der Waals surface area (Å²) in [4.78, 5) is 0.180. The largest absolute Gasteiger partial charge is 0.504 e. The second-order valence-corrected chi connectivity index (χ2v) is 9.50. The van der Waals surface area contributed by atoms with Gasteiger partial charge in [0.1, 0.15) is 0 Å². The number of phenols is 1. The summed E-state index contributed by atoms with van der Waals surface area (Å²) in [6.45, 7) is 4.15. The number of sulfone groups is 1. The smallest absolute Gasteiger partial charge is 0.180 e. The Hall–Kier alpha value is -2.05. The predicted octanol–water partition coefficient (Wildman–Crippen LogP) is 4.21. The van der Waals surface area contributed by atoms with Crippen LogP contribution < -0.4 is 10.1 Å². The number of nitrogens with one attached hydrogen (secondary N) is 1. The zero-order valence-electron chi connectivity index (χ0n) is 16.7. The van der Waals surface area contributed by atoms with Crippen LogP contribution in [0.15, 0.2) is 47.4 Å². The summed E-state index contributed by atoms with van der Waals surface area (Å²) in [7, 11) is -2.13. The van der Waals surface area contributed by atoms with E-state index in [4.69, 9.17) is 4.74 Å². The van der Waals surface area contributed by atoms with Crippen molar-refractivity contribution in [2.45, 2.75) is 56.0 Å². The Morgan fingerprint density at radius 1 is 1.21 bits per heavy atom. The fourth-order valence-electron chi connectivity index (χ4n) is 4.04. The van der Waals surface area contributed by atoms with Crippen molar-refractivity contribution < 1.29 is 18.3 Å². The first kappa shape index (κ1) is 20.7. The number of fused-ring (bicyclic) bond motifs is 1. The second kappa shape index (κ2) is 8.13. The van der Waals surface area contributed by atoms with Crippen LogP contribution in [0.5, 0.6) is 11.5 Å². The molecule has 0 amide bonds. The number of hydrogen-bond acceptors (Lipinski definition) is 5. The number of aromatic hydroxyl groups is 1.